The SMILES string of the molecule is CCCC(O)CCCc1ccn(C(C)CC)n1. The average molecular weight is 238 g/mol. The van der Waals surface area contributed by atoms with Gasteiger partial charge in [-0.05, 0) is 45.1 Å². The van der Waals surface area contributed by atoms with E-state index in [0.717, 1.165) is 44.2 Å². The average Bonchev–Trinajstić information content (AvgIpc) is 2.77. The van der Waals surface area contributed by atoms with Crippen molar-refractivity contribution in [3.05, 3.63) is 18.0 Å². The van der Waals surface area contributed by atoms with Crippen molar-refractivity contribution < 1.29 is 5.11 Å². The van der Waals surface area contributed by atoms with Crippen LogP contribution in [0.15, 0.2) is 12.3 Å². The Kier molecular flexibility index (Phi) is 6.27. The Balaban J connectivity index is 2.30. The number of hydrogen-bond donors (Lipinski definition) is 1. The van der Waals surface area contributed by atoms with Gasteiger partial charge in [-0.15, -0.1) is 0 Å². The van der Waals surface area contributed by atoms with E-state index in [1.165, 1.54) is 0 Å². The molecule has 0 aliphatic rings. The van der Waals surface area contributed by atoms with Crippen LogP contribution >= 0.6 is 0 Å². The van der Waals surface area contributed by atoms with Crippen molar-refractivity contribution in [1.29, 1.82) is 0 Å². The maximum Gasteiger partial charge on any atom is 0.0624 e. The van der Waals surface area contributed by atoms with Crippen molar-refractivity contribution in [2.45, 2.75) is 71.4 Å². The lowest BCUT2D eigenvalue weighted by atomic mass is 10.1. The topological polar surface area (TPSA) is 38.0 Å². The zero-order chi connectivity index (χ0) is 12.7. The molecule has 2 atom stereocenters. The lowest BCUT2D eigenvalue weighted by Gasteiger charge is -2.09. The summed E-state index contributed by atoms with van der Waals surface area (Å²) < 4.78 is 2.04. The number of aliphatic hydroxyl groups is 1. The second-order valence-corrected chi connectivity index (χ2v) is 4.88. The quantitative estimate of drug-likeness (QED) is 0.754. The molecule has 1 rings (SSSR count). The van der Waals surface area contributed by atoms with E-state index in [-0.39, 0.29) is 6.10 Å². The first kappa shape index (κ1) is 14.2. The molecule has 1 heterocycles. The van der Waals surface area contributed by atoms with Gasteiger partial charge < -0.3 is 5.11 Å². The van der Waals surface area contributed by atoms with Crippen molar-refractivity contribution in [3.8, 4) is 0 Å². The largest absolute Gasteiger partial charge is 0.393 e. The fraction of sp³-hybridized carbons (Fsp3) is 0.786. The molecule has 0 amide bonds. The molecule has 1 N–H and O–H groups in total. The standard InChI is InChI=1S/C14H26N2O/c1-4-7-14(17)9-6-8-13-10-11-16(15-13)12(3)5-2/h10-12,14,17H,4-9H2,1-3H3. The third kappa shape index (κ3) is 4.90. The zero-order valence-corrected chi connectivity index (χ0v) is 11.4. The molecular formula is C14H26N2O. The molecule has 1 aromatic rings. The number of rotatable bonds is 8. The van der Waals surface area contributed by atoms with Crippen LogP contribution in [0.1, 0.15) is 64.6 Å². The molecule has 0 aliphatic carbocycles. The molecule has 0 saturated carbocycles. The van der Waals surface area contributed by atoms with Gasteiger partial charge in [-0.1, -0.05) is 20.3 Å². The predicted molar refractivity (Wildman–Crippen MR) is 71.1 cm³/mol. The Morgan fingerprint density at radius 2 is 2.12 bits per heavy atom. The maximum absolute atomic E-state index is 9.63. The van der Waals surface area contributed by atoms with Gasteiger partial charge >= 0.3 is 0 Å². The van der Waals surface area contributed by atoms with Gasteiger partial charge in [0.2, 0.25) is 0 Å². The van der Waals surface area contributed by atoms with Crippen LogP contribution in [0.2, 0.25) is 0 Å². The van der Waals surface area contributed by atoms with E-state index < -0.39 is 0 Å². The number of hydrogen-bond acceptors (Lipinski definition) is 2. The summed E-state index contributed by atoms with van der Waals surface area (Å²) in [7, 11) is 0. The van der Waals surface area contributed by atoms with E-state index in [2.05, 4.69) is 38.1 Å². The van der Waals surface area contributed by atoms with Crippen LogP contribution in [0.4, 0.5) is 0 Å². The molecule has 1 aromatic heterocycles. The van der Waals surface area contributed by atoms with E-state index >= 15 is 0 Å². The van der Waals surface area contributed by atoms with Crippen LogP contribution in [0.25, 0.3) is 0 Å². The highest BCUT2D eigenvalue weighted by Gasteiger charge is 2.06. The van der Waals surface area contributed by atoms with Gasteiger partial charge in [0, 0.05) is 12.2 Å². The fourth-order valence-corrected chi connectivity index (χ4v) is 1.94. The first-order valence-electron chi connectivity index (χ1n) is 6.89. The summed E-state index contributed by atoms with van der Waals surface area (Å²) in [6, 6.07) is 2.58. The van der Waals surface area contributed by atoms with E-state index in [0.29, 0.717) is 6.04 Å². The third-order valence-electron chi connectivity index (χ3n) is 3.30. The van der Waals surface area contributed by atoms with Gasteiger partial charge in [0.1, 0.15) is 0 Å². The zero-order valence-electron chi connectivity index (χ0n) is 11.4. The van der Waals surface area contributed by atoms with Gasteiger partial charge in [-0.25, -0.2) is 0 Å². The summed E-state index contributed by atoms with van der Waals surface area (Å²) in [6.45, 7) is 6.46. The molecule has 0 saturated heterocycles. The number of aryl methyl sites for hydroxylation is 1. The van der Waals surface area contributed by atoms with Crippen molar-refractivity contribution in [2.75, 3.05) is 0 Å². The Bertz CT molecular complexity index is 309. The highest BCUT2D eigenvalue weighted by molar-refractivity contribution is 4.99. The monoisotopic (exact) mass is 238 g/mol. The number of nitrogens with zero attached hydrogens (tertiary/aromatic N) is 2. The summed E-state index contributed by atoms with van der Waals surface area (Å²) in [5, 5.41) is 14.2. The first-order valence-corrected chi connectivity index (χ1v) is 6.89. The van der Waals surface area contributed by atoms with Gasteiger partial charge in [-0.3, -0.25) is 4.68 Å². The second-order valence-electron chi connectivity index (χ2n) is 4.88. The molecule has 0 radical (unpaired) electrons. The van der Waals surface area contributed by atoms with Crippen LogP contribution < -0.4 is 0 Å². The Hall–Kier alpha value is -0.830. The van der Waals surface area contributed by atoms with E-state index in [1.54, 1.807) is 0 Å². The molecule has 3 heteroatoms. The van der Waals surface area contributed by atoms with Crippen LogP contribution in [0.5, 0.6) is 0 Å². The summed E-state index contributed by atoms with van der Waals surface area (Å²) in [4.78, 5) is 0. The summed E-state index contributed by atoms with van der Waals surface area (Å²) in [5.41, 5.74) is 1.15. The number of aromatic nitrogens is 2. The molecule has 0 bridgehead atoms. The first-order chi connectivity index (χ1) is 8.17. The molecule has 2 unspecified atom stereocenters. The fourth-order valence-electron chi connectivity index (χ4n) is 1.94. The summed E-state index contributed by atoms with van der Waals surface area (Å²) in [6.07, 6.45) is 7.91. The second kappa shape index (κ2) is 7.49. The Labute approximate surface area is 105 Å². The van der Waals surface area contributed by atoms with Gasteiger partial charge in [-0.2, -0.15) is 5.10 Å². The van der Waals surface area contributed by atoms with E-state index in [1.807, 2.05) is 4.68 Å². The normalized spacial score (nSPS) is 14.8. The molecular weight excluding hydrogens is 212 g/mol. The summed E-state index contributed by atoms with van der Waals surface area (Å²) >= 11 is 0. The minimum absolute atomic E-state index is 0.128. The smallest absolute Gasteiger partial charge is 0.0624 e. The molecule has 0 fully saturated rings. The van der Waals surface area contributed by atoms with E-state index in [9.17, 15) is 5.11 Å². The van der Waals surface area contributed by atoms with Crippen LogP contribution in [0.3, 0.4) is 0 Å². The highest BCUT2D eigenvalue weighted by atomic mass is 16.3. The minimum Gasteiger partial charge on any atom is -0.393 e. The molecule has 0 aromatic carbocycles. The van der Waals surface area contributed by atoms with Crippen molar-refractivity contribution in [2.24, 2.45) is 0 Å². The molecule has 0 aliphatic heterocycles. The van der Waals surface area contributed by atoms with Crippen molar-refractivity contribution >= 4 is 0 Å². The molecule has 3 nitrogen and oxygen atoms in total. The maximum atomic E-state index is 9.63. The Morgan fingerprint density at radius 3 is 2.76 bits per heavy atom. The molecule has 0 spiro atoms. The molecule has 17 heavy (non-hydrogen) atoms. The summed E-state index contributed by atoms with van der Waals surface area (Å²) in [5.74, 6) is 0. The lowest BCUT2D eigenvalue weighted by molar-refractivity contribution is 0.151. The van der Waals surface area contributed by atoms with Gasteiger partial charge in [0.25, 0.3) is 0 Å². The van der Waals surface area contributed by atoms with Gasteiger partial charge in [0.15, 0.2) is 0 Å². The van der Waals surface area contributed by atoms with Crippen molar-refractivity contribution in [1.82, 2.24) is 9.78 Å². The van der Waals surface area contributed by atoms with Crippen LogP contribution in [-0.2, 0) is 6.42 Å². The Morgan fingerprint density at radius 1 is 1.35 bits per heavy atom. The predicted octanol–water partition coefficient (Wildman–Crippen LogP) is 3.34. The minimum atomic E-state index is -0.128. The number of aliphatic hydroxyl groups excluding tert-OH is 1. The van der Waals surface area contributed by atoms with Gasteiger partial charge in [0.05, 0.1) is 11.8 Å². The van der Waals surface area contributed by atoms with Crippen molar-refractivity contribution in [3.63, 3.8) is 0 Å². The third-order valence-corrected chi connectivity index (χ3v) is 3.30. The molecule has 98 valence electrons. The lowest BCUT2D eigenvalue weighted by Crippen LogP contribution is -2.07. The van der Waals surface area contributed by atoms with Crippen LogP contribution in [0, 0.1) is 0 Å². The highest BCUT2D eigenvalue weighted by Crippen LogP contribution is 2.12. The van der Waals surface area contributed by atoms with E-state index in [4.69, 9.17) is 0 Å². The van der Waals surface area contributed by atoms with Crippen LogP contribution in [-0.4, -0.2) is 21.0 Å².